The fourth-order valence-electron chi connectivity index (χ4n) is 5.41. The third-order valence-corrected chi connectivity index (χ3v) is 9.26. The predicted molar refractivity (Wildman–Crippen MR) is 184 cm³/mol. The molecule has 5 heterocycles. The third kappa shape index (κ3) is 11.5. The Balaban J connectivity index is 0.000000180. The number of hydrogen-bond donors (Lipinski definition) is 1. The van der Waals surface area contributed by atoms with Crippen LogP contribution in [0.1, 0.15) is 17.5 Å². The summed E-state index contributed by atoms with van der Waals surface area (Å²) in [5, 5.41) is 0. The lowest BCUT2D eigenvalue weighted by molar-refractivity contribution is -0.134. The minimum Gasteiger partial charge on any atom is -0.426 e. The highest BCUT2D eigenvalue weighted by Crippen LogP contribution is 2.26. The van der Waals surface area contributed by atoms with Crippen molar-refractivity contribution < 1.29 is 41.6 Å². The average Bonchev–Trinajstić information content (AvgIpc) is 3.88. The molecule has 0 aromatic heterocycles. The van der Waals surface area contributed by atoms with E-state index in [1.807, 2.05) is 0 Å². The van der Waals surface area contributed by atoms with Crippen molar-refractivity contribution in [3.63, 3.8) is 0 Å². The summed E-state index contributed by atoms with van der Waals surface area (Å²) in [6.07, 6.45) is 2.76. The van der Waals surface area contributed by atoms with Crippen LogP contribution < -0.4 is 19.3 Å². The summed E-state index contributed by atoms with van der Waals surface area (Å²) >= 11 is -1.57. The Hall–Kier alpha value is -3.56. The zero-order chi connectivity index (χ0) is 33.6. The van der Waals surface area contributed by atoms with Crippen LogP contribution in [0, 0.1) is 0 Å². The molecule has 0 spiro atoms. The Morgan fingerprint density at radius 2 is 1.08 bits per heavy atom. The van der Waals surface area contributed by atoms with Gasteiger partial charge in [-0.15, -0.1) is 0 Å². The molecule has 3 aromatic rings. The fraction of sp³-hybridized carbons (Fsp3) is 0.472. The van der Waals surface area contributed by atoms with Gasteiger partial charge in [0, 0.05) is 43.2 Å². The monoisotopic (exact) mass is 693 g/mol. The molecule has 13 heteroatoms. The van der Waals surface area contributed by atoms with Crippen molar-refractivity contribution in [2.45, 2.75) is 43.4 Å². The van der Waals surface area contributed by atoms with Crippen LogP contribution >= 0.6 is 0 Å². The maximum absolute atomic E-state index is 11.4. The normalized spacial score (nSPS) is 24.5. The van der Waals surface area contributed by atoms with Gasteiger partial charge in [-0.3, -0.25) is 13.7 Å². The molecule has 6 atom stereocenters. The summed E-state index contributed by atoms with van der Waals surface area (Å²) in [5.41, 5.74) is 5.78. The first-order valence-corrected chi connectivity index (χ1v) is 17.8. The van der Waals surface area contributed by atoms with E-state index in [2.05, 4.69) is 67.2 Å². The summed E-state index contributed by atoms with van der Waals surface area (Å²) in [6, 6.07) is 24.5. The Morgan fingerprint density at radius 3 is 1.45 bits per heavy atom. The first-order chi connectivity index (χ1) is 24.0. The molecule has 5 aliphatic heterocycles. The van der Waals surface area contributed by atoms with E-state index < -0.39 is 11.3 Å². The van der Waals surface area contributed by atoms with Gasteiger partial charge in [0.1, 0.15) is 5.75 Å². The number of nitrogens with zero attached hydrogens (tertiary/aromatic N) is 2. The van der Waals surface area contributed by atoms with Gasteiger partial charge in [-0.05, 0) is 66.1 Å². The van der Waals surface area contributed by atoms with Crippen LogP contribution in [0.15, 0.2) is 72.8 Å². The standard InChI is InChI=1S/C25H30N2O4.C11H13NO5S/c1-5-20(26(10-22-14-28-22)11-23-15-29-23)6-2-18(1)9-19-3-7-21(8-4-19)27(12-24-16-30-24)13-25-17-31-25;1-15-18(14)12-8-2-4-9(5-3-8)17-11(13)6-10-7-16-10/h1-8,22-25H,9-17H2;2-5,10,12H,6-7H2,1H3. The lowest BCUT2D eigenvalue weighted by Gasteiger charge is -2.24. The first kappa shape index (κ1) is 33.9. The van der Waals surface area contributed by atoms with Crippen LogP contribution in [0.4, 0.5) is 17.1 Å². The number of ether oxygens (including phenoxy) is 6. The Labute approximate surface area is 289 Å². The van der Waals surface area contributed by atoms with Crippen LogP contribution in [-0.2, 0) is 50.3 Å². The minimum absolute atomic E-state index is 0.0163. The van der Waals surface area contributed by atoms with Gasteiger partial charge in [-0.2, -0.15) is 0 Å². The molecule has 0 saturated carbocycles. The second-order valence-electron chi connectivity index (χ2n) is 12.8. The van der Waals surface area contributed by atoms with Crippen molar-refractivity contribution in [2.24, 2.45) is 0 Å². The molecule has 49 heavy (non-hydrogen) atoms. The number of anilines is 3. The molecule has 5 fully saturated rings. The van der Waals surface area contributed by atoms with Crippen LogP contribution in [0.3, 0.4) is 0 Å². The molecule has 5 aliphatic rings. The fourth-order valence-corrected chi connectivity index (χ4v) is 5.82. The molecule has 0 aliphatic carbocycles. The molecule has 1 N–H and O–H groups in total. The molecule has 0 radical (unpaired) electrons. The Kier molecular flexibility index (Phi) is 11.1. The lowest BCUT2D eigenvalue weighted by atomic mass is 10.0. The highest BCUT2D eigenvalue weighted by atomic mass is 32.2. The van der Waals surface area contributed by atoms with E-state index >= 15 is 0 Å². The predicted octanol–water partition coefficient (Wildman–Crippen LogP) is 3.50. The van der Waals surface area contributed by atoms with Gasteiger partial charge in [0.25, 0.3) is 11.3 Å². The van der Waals surface area contributed by atoms with Gasteiger partial charge in [0.15, 0.2) is 0 Å². The maximum atomic E-state index is 11.4. The lowest BCUT2D eigenvalue weighted by Crippen LogP contribution is -2.31. The number of hydrogen-bond acceptors (Lipinski definition) is 11. The van der Waals surface area contributed by atoms with Gasteiger partial charge in [-0.1, -0.05) is 24.3 Å². The van der Waals surface area contributed by atoms with E-state index in [-0.39, 0.29) is 18.5 Å². The van der Waals surface area contributed by atoms with E-state index in [1.165, 1.54) is 29.6 Å². The number of carbonyl (C=O) groups excluding carboxylic acids is 1. The van der Waals surface area contributed by atoms with Gasteiger partial charge in [0.2, 0.25) is 0 Å². The van der Waals surface area contributed by atoms with E-state index in [1.54, 1.807) is 24.3 Å². The highest BCUT2D eigenvalue weighted by molar-refractivity contribution is 7.81. The summed E-state index contributed by atoms with van der Waals surface area (Å²) in [4.78, 5) is 16.2. The molecule has 5 saturated heterocycles. The molecular weight excluding hydrogens is 650 g/mol. The van der Waals surface area contributed by atoms with Crippen LogP contribution in [-0.4, -0.2) is 107 Å². The number of nitrogens with one attached hydrogen (secondary N) is 1. The third-order valence-electron chi connectivity index (χ3n) is 8.55. The molecule has 0 bridgehead atoms. The SMILES string of the molecule is COS(=O)Nc1ccc(OC(=O)CC2CO2)cc1.c1cc(N(CC2CO2)CC2CO2)ccc1Cc1ccc(N(CC2CO2)CC2CO2)cc1. The second-order valence-corrected chi connectivity index (χ2v) is 13.8. The molecule has 262 valence electrons. The second kappa shape index (κ2) is 16.0. The van der Waals surface area contributed by atoms with Gasteiger partial charge in [-0.25, -0.2) is 4.21 Å². The zero-order valence-electron chi connectivity index (χ0n) is 27.6. The molecular formula is C36H43N3O9S. The van der Waals surface area contributed by atoms with Crippen molar-refractivity contribution in [3.8, 4) is 5.75 Å². The van der Waals surface area contributed by atoms with Crippen LogP contribution in [0.5, 0.6) is 5.75 Å². The smallest absolute Gasteiger partial charge is 0.313 e. The molecule has 0 amide bonds. The van der Waals surface area contributed by atoms with Crippen LogP contribution in [0.2, 0.25) is 0 Å². The maximum Gasteiger partial charge on any atom is 0.313 e. The molecule has 6 unspecified atom stereocenters. The minimum atomic E-state index is -1.57. The Bertz CT molecular complexity index is 1440. The van der Waals surface area contributed by atoms with E-state index in [0.29, 0.717) is 42.5 Å². The van der Waals surface area contributed by atoms with Crippen molar-refractivity contribution in [1.82, 2.24) is 0 Å². The van der Waals surface area contributed by atoms with Crippen molar-refractivity contribution in [3.05, 3.63) is 83.9 Å². The van der Waals surface area contributed by atoms with Gasteiger partial charge < -0.3 is 38.2 Å². The number of rotatable bonds is 18. The summed E-state index contributed by atoms with van der Waals surface area (Å²) < 4.78 is 50.0. The molecule has 8 rings (SSSR count). The van der Waals surface area contributed by atoms with Crippen molar-refractivity contribution >= 4 is 34.3 Å². The van der Waals surface area contributed by atoms with Gasteiger partial charge >= 0.3 is 5.97 Å². The summed E-state index contributed by atoms with van der Waals surface area (Å²) in [5.74, 6) is 0.119. The Morgan fingerprint density at radius 1 is 0.673 bits per heavy atom. The van der Waals surface area contributed by atoms with Crippen molar-refractivity contribution in [2.75, 3.05) is 80.8 Å². The first-order valence-electron chi connectivity index (χ1n) is 16.7. The highest BCUT2D eigenvalue weighted by Gasteiger charge is 2.32. The largest absolute Gasteiger partial charge is 0.426 e. The number of esters is 1. The van der Waals surface area contributed by atoms with E-state index in [4.69, 9.17) is 28.4 Å². The van der Waals surface area contributed by atoms with E-state index in [0.717, 1.165) is 59.0 Å². The zero-order valence-corrected chi connectivity index (χ0v) is 28.4. The molecule has 12 nitrogen and oxygen atoms in total. The number of epoxide rings is 5. The van der Waals surface area contributed by atoms with Crippen molar-refractivity contribution in [1.29, 1.82) is 0 Å². The van der Waals surface area contributed by atoms with E-state index in [9.17, 15) is 9.00 Å². The summed E-state index contributed by atoms with van der Waals surface area (Å²) in [6.45, 7) is 7.97. The number of benzene rings is 3. The topological polar surface area (TPSA) is 134 Å². The van der Waals surface area contributed by atoms with Gasteiger partial charge in [0.05, 0.1) is 77.1 Å². The molecule has 3 aromatic carbocycles. The summed E-state index contributed by atoms with van der Waals surface area (Å²) in [7, 11) is 1.33. The van der Waals surface area contributed by atoms with Crippen LogP contribution in [0.25, 0.3) is 0 Å². The average molecular weight is 694 g/mol. The quantitative estimate of drug-likeness (QED) is 0.119. The number of carbonyl (C=O) groups is 1.